The molecule has 4 rings (SSSR count). The first kappa shape index (κ1) is 20.2. The van der Waals surface area contributed by atoms with Crippen molar-refractivity contribution in [2.24, 2.45) is 17.3 Å². The standard InChI is InChI=1S/C22H33NO4/c1-22(2)17-9-8-16(19(22)12-17)14-26-15-18(24)13-23-10-11-27-21-7-5-4-6-20(21)25-3/h4-8,17-19,23-24H,9-15H2,1-3H3. The predicted molar refractivity (Wildman–Crippen MR) is 106 cm³/mol. The smallest absolute Gasteiger partial charge is 0.161 e. The van der Waals surface area contributed by atoms with E-state index in [1.54, 1.807) is 7.11 Å². The predicted octanol–water partition coefficient (Wildman–Crippen LogP) is 3.03. The van der Waals surface area contributed by atoms with Crippen LogP contribution in [0.25, 0.3) is 0 Å². The molecule has 1 aromatic carbocycles. The van der Waals surface area contributed by atoms with Gasteiger partial charge in [-0.1, -0.05) is 32.1 Å². The fraction of sp³-hybridized carbons (Fsp3) is 0.636. The summed E-state index contributed by atoms with van der Waals surface area (Å²) < 4.78 is 16.7. The minimum atomic E-state index is -0.511. The van der Waals surface area contributed by atoms with E-state index in [1.807, 2.05) is 24.3 Å². The molecule has 1 aromatic rings. The van der Waals surface area contributed by atoms with Crippen LogP contribution in [0.4, 0.5) is 0 Å². The van der Waals surface area contributed by atoms with Gasteiger partial charge in [0.15, 0.2) is 11.5 Å². The Morgan fingerprint density at radius 2 is 2.04 bits per heavy atom. The summed E-state index contributed by atoms with van der Waals surface area (Å²) in [7, 11) is 1.63. The molecule has 1 saturated carbocycles. The number of nitrogens with one attached hydrogen (secondary N) is 1. The van der Waals surface area contributed by atoms with Crippen molar-refractivity contribution in [1.29, 1.82) is 0 Å². The summed E-state index contributed by atoms with van der Waals surface area (Å²) in [6.45, 7) is 7.39. The Morgan fingerprint density at radius 1 is 1.26 bits per heavy atom. The molecule has 150 valence electrons. The number of allylic oxidation sites excluding steroid dienone is 1. The van der Waals surface area contributed by atoms with Gasteiger partial charge in [-0.05, 0) is 47.8 Å². The largest absolute Gasteiger partial charge is 0.493 e. The average molecular weight is 376 g/mol. The molecule has 1 fully saturated rings. The van der Waals surface area contributed by atoms with Gasteiger partial charge in [-0.25, -0.2) is 0 Å². The molecule has 27 heavy (non-hydrogen) atoms. The summed E-state index contributed by atoms with van der Waals surface area (Å²) in [6.07, 6.45) is 4.32. The van der Waals surface area contributed by atoms with Crippen LogP contribution in [0.15, 0.2) is 35.9 Å². The van der Waals surface area contributed by atoms with Crippen molar-refractivity contribution >= 4 is 0 Å². The number of fused-ring (bicyclic) bond motifs is 1. The van der Waals surface area contributed by atoms with Gasteiger partial charge in [0.1, 0.15) is 6.61 Å². The third-order valence-corrected chi connectivity index (χ3v) is 6.15. The SMILES string of the molecule is COc1ccccc1OCCNCC(O)COCC1=CCC2CC1C2(C)C. The van der Waals surface area contributed by atoms with Gasteiger partial charge in [0.2, 0.25) is 0 Å². The zero-order valence-electron chi connectivity index (χ0n) is 16.7. The van der Waals surface area contributed by atoms with Crippen LogP contribution in [0.1, 0.15) is 26.7 Å². The minimum absolute atomic E-state index is 0.355. The van der Waals surface area contributed by atoms with E-state index in [0.717, 1.165) is 17.4 Å². The van der Waals surface area contributed by atoms with E-state index < -0.39 is 6.10 Å². The van der Waals surface area contributed by atoms with E-state index in [1.165, 1.54) is 18.4 Å². The third kappa shape index (κ3) is 4.84. The number of para-hydroxylation sites is 2. The summed E-state index contributed by atoms with van der Waals surface area (Å²) in [4.78, 5) is 0. The lowest BCUT2D eigenvalue weighted by molar-refractivity contribution is -0.0235. The summed E-state index contributed by atoms with van der Waals surface area (Å²) in [5, 5.41) is 13.3. The van der Waals surface area contributed by atoms with Crippen molar-refractivity contribution in [2.75, 3.05) is 40.0 Å². The van der Waals surface area contributed by atoms with Gasteiger partial charge in [-0.2, -0.15) is 0 Å². The van der Waals surface area contributed by atoms with Crippen LogP contribution in [-0.4, -0.2) is 51.2 Å². The van der Waals surface area contributed by atoms with Gasteiger partial charge in [0.05, 0.1) is 26.4 Å². The van der Waals surface area contributed by atoms with E-state index in [4.69, 9.17) is 14.2 Å². The zero-order chi connectivity index (χ0) is 19.3. The summed E-state index contributed by atoms with van der Waals surface area (Å²) in [5.41, 5.74) is 1.85. The van der Waals surface area contributed by atoms with E-state index in [9.17, 15) is 5.11 Å². The van der Waals surface area contributed by atoms with Gasteiger partial charge in [-0.3, -0.25) is 0 Å². The summed E-state index contributed by atoms with van der Waals surface area (Å²) in [5.74, 6) is 2.97. The molecule has 0 aromatic heterocycles. The molecule has 0 radical (unpaired) electrons. The van der Waals surface area contributed by atoms with Gasteiger partial charge >= 0.3 is 0 Å². The Morgan fingerprint density at radius 3 is 2.74 bits per heavy atom. The molecule has 2 N–H and O–H groups in total. The van der Waals surface area contributed by atoms with Crippen LogP contribution in [-0.2, 0) is 4.74 Å². The highest BCUT2D eigenvalue weighted by Gasteiger charge is 2.50. The maximum Gasteiger partial charge on any atom is 0.161 e. The highest BCUT2D eigenvalue weighted by atomic mass is 16.5. The molecule has 3 atom stereocenters. The molecule has 5 nitrogen and oxygen atoms in total. The molecule has 0 saturated heterocycles. The van der Waals surface area contributed by atoms with Gasteiger partial charge < -0.3 is 24.6 Å². The van der Waals surface area contributed by atoms with Crippen LogP contribution in [0.2, 0.25) is 0 Å². The topological polar surface area (TPSA) is 60.0 Å². The number of aliphatic hydroxyl groups is 1. The van der Waals surface area contributed by atoms with Gasteiger partial charge in [0, 0.05) is 13.1 Å². The molecule has 5 heteroatoms. The number of hydrogen-bond acceptors (Lipinski definition) is 5. The second kappa shape index (κ2) is 9.09. The highest BCUT2D eigenvalue weighted by molar-refractivity contribution is 5.39. The molecular weight excluding hydrogens is 342 g/mol. The molecule has 3 aliphatic carbocycles. The molecule has 0 heterocycles. The van der Waals surface area contributed by atoms with Crippen LogP contribution >= 0.6 is 0 Å². The molecule has 0 spiro atoms. The van der Waals surface area contributed by atoms with Crippen LogP contribution in [0.5, 0.6) is 11.5 Å². The fourth-order valence-corrected chi connectivity index (χ4v) is 4.25. The maximum absolute atomic E-state index is 10.1. The van der Waals surface area contributed by atoms with Crippen LogP contribution in [0, 0.1) is 17.3 Å². The first-order valence-corrected chi connectivity index (χ1v) is 9.93. The van der Waals surface area contributed by atoms with Crippen LogP contribution < -0.4 is 14.8 Å². The summed E-state index contributed by atoms with van der Waals surface area (Å²) >= 11 is 0. The molecular formula is C22H33NO4. The Hall–Kier alpha value is -1.56. The molecule has 3 aliphatic rings. The first-order valence-electron chi connectivity index (χ1n) is 9.93. The second-order valence-corrected chi connectivity index (χ2v) is 8.19. The number of benzene rings is 1. The number of aliphatic hydroxyl groups excluding tert-OH is 1. The first-order chi connectivity index (χ1) is 13.0. The van der Waals surface area contributed by atoms with Crippen molar-refractivity contribution in [3.63, 3.8) is 0 Å². The van der Waals surface area contributed by atoms with Gasteiger partial charge in [0.25, 0.3) is 0 Å². The van der Waals surface area contributed by atoms with Crippen molar-refractivity contribution in [2.45, 2.75) is 32.8 Å². The second-order valence-electron chi connectivity index (χ2n) is 8.19. The monoisotopic (exact) mass is 375 g/mol. The Bertz CT molecular complexity index is 643. The lowest BCUT2D eigenvalue weighted by atomic mass is 9.49. The fourth-order valence-electron chi connectivity index (χ4n) is 4.25. The molecule has 0 amide bonds. The van der Waals surface area contributed by atoms with Crippen molar-refractivity contribution in [3.8, 4) is 11.5 Å². The zero-order valence-corrected chi connectivity index (χ0v) is 16.7. The third-order valence-electron chi connectivity index (χ3n) is 6.15. The van der Waals surface area contributed by atoms with Crippen molar-refractivity contribution < 1.29 is 19.3 Å². The van der Waals surface area contributed by atoms with Crippen LogP contribution in [0.3, 0.4) is 0 Å². The van der Waals surface area contributed by atoms with E-state index in [0.29, 0.717) is 44.2 Å². The minimum Gasteiger partial charge on any atom is -0.493 e. The highest BCUT2D eigenvalue weighted by Crippen LogP contribution is 2.59. The number of methoxy groups -OCH3 is 1. The Kier molecular flexibility index (Phi) is 6.79. The molecule has 2 bridgehead atoms. The van der Waals surface area contributed by atoms with E-state index in [-0.39, 0.29) is 0 Å². The normalized spacial score (nSPS) is 23.9. The maximum atomic E-state index is 10.1. The lowest BCUT2D eigenvalue weighted by Crippen LogP contribution is -2.48. The van der Waals surface area contributed by atoms with Crippen molar-refractivity contribution in [3.05, 3.63) is 35.9 Å². The Labute approximate surface area is 162 Å². The Balaban J connectivity index is 1.26. The number of rotatable bonds is 11. The summed E-state index contributed by atoms with van der Waals surface area (Å²) in [6, 6.07) is 7.58. The number of hydrogen-bond donors (Lipinski definition) is 2. The van der Waals surface area contributed by atoms with Crippen molar-refractivity contribution in [1.82, 2.24) is 5.32 Å². The molecule has 3 unspecified atom stereocenters. The average Bonchev–Trinajstić information content (AvgIpc) is 2.68. The lowest BCUT2D eigenvalue weighted by Gasteiger charge is -2.56. The molecule has 0 aliphatic heterocycles. The van der Waals surface area contributed by atoms with Gasteiger partial charge in [-0.15, -0.1) is 0 Å². The quantitative estimate of drug-likeness (QED) is 0.460. The van der Waals surface area contributed by atoms with E-state index in [2.05, 4.69) is 25.2 Å². The number of ether oxygens (including phenoxy) is 3. The van der Waals surface area contributed by atoms with E-state index >= 15 is 0 Å².